The van der Waals surface area contributed by atoms with Crippen LogP contribution in [0.25, 0.3) is 0 Å². The molecule has 0 aromatic heterocycles. The molecule has 2 N–H and O–H groups in total. The quantitative estimate of drug-likeness (QED) is 0.652. The van der Waals surface area contributed by atoms with Crippen LogP contribution in [0.3, 0.4) is 0 Å². The van der Waals surface area contributed by atoms with E-state index in [4.69, 9.17) is 5.11 Å². The Hall–Kier alpha value is -0.820. The van der Waals surface area contributed by atoms with Gasteiger partial charge in [0.15, 0.2) is 6.61 Å². The summed E-state index contributed by atoms with van der Waals surface area (Å²) in [6, 6.07) is -1.09. The summed E-state index contributed by atoms with van der Waals surface area (Å²) in [6.07, 6.45) is -2.84. The number of alkyl halides is 3. The topological polar surface area (TPSA) is 58.6 Å². The van der Waals surface area contributed by atoms with E-state index in [0.717, 1.165) is 6.42 Å². The van der Waals surface area contributed by atoms with Gasteiger partial charge in [0.1, 0.15) is 6.04 Å². The fraction of sp³-hybridized carbons (Fsp3) is 0.875. The molecule has 0 radical (unpaired) electrons. The highest BCUT2D eigenvalue weighted by Gasteiger charge is 2.29. The van der Waals surface area contributed by atoms with Gasteiger partial charge in [-0.2, -0.15) is 18.7 Å². The molecule has 0 rings (SSSR count). The standard InChI is InChI=1S/C8H14F3NO3/c1-2-3-4-6(7(13)14)12-15-5-8(9,10)11/h6,12H,2-5H2,1H3,(H,13,14). The van der Waals surface area contributed by atoms with E-state index in [1.807, 2.05) is 12.4 Å². The van der Waals surface area contributed by atoms with Crippen LogP contribution in [0.1, 0.15) is 26.2 Å². The summed E-state index contributed by atoms with van der Waals surface area (Å²) in [5.41, 5.74) is 1.89. The number of aliphatic carboxylic acids is 1. The number of hydrogen-bond donors (Lipinski definition) is 2. The Morgan fingerprint density at radius 3 is 2.53 bits per heavy atom. The van der Waals surface area contributed by atoms with Gasteiger partial charge in [-0.3, -0.25) is 9.63 Å². The van der Waals surface area contributed by atoms with Crippen molar-refractivity contribution in [1.82, 2.24) is 5.48 Å². The summed E-state index contributed by atoms with van der Waals surface area (Å²) in [5.74, 6) is -1.22. The van der Waals surface area contributed by atoms with Crippen LogP contribution in [0.5, 0.6) is 0 Å². The zero-order valence-corrected chi connectivity index (χ0v) is 8.30. The maximum Gasteiger partial charge on any atom is 0.413 e. The maximum atomic E-state index is 11.6. The van der Waals surface area contributed by atoms with Gasteiger partial charge >= 0.3 is 12.1 Å². The molecule has 1 atom stereocenters. The van der Waals surface area contributed by atoms with Gasteiger partial charge in [0.05, 0.1) is 0 Å². The average Bonchev–Trinajstić information content (AvgIpc) is 2.08. The molecule has 0 aliphatic rings. The maximum absolute atomic E-state index is 11.6. The number of nitrogens with one attached hydrogen (secondary N) is 1. The van der Waals surface area contributed by atoms with Crippen molar-refractivity contribution in [3.8, 4) is 0 Å². The minimum Gasteiger partial charge on any atom is -0.480 e. The Morgan fingerprint density at radius 1 is 1.53 bits per heavy atom. The van der Waals surface area contributed by atoms with Crippen molar-refractivity contribution in [3.05, 3.63) is 0 Å². The first-order valence-corrected chi connectivity index (χ1v) is 4.53. The van der Waals surface area contributed by atoms with Crippen molar-refractivity contribution < 1.29 is 27.9 Å². The molecular formula is C8H14F3NO3. The third kappa shape index (κ3) is 8.19. The summed E-state index contributed by atoms with van der Waals surface area (Å²) in [5, 5.41) is 8.61. The molecule has 0 amide bonds. The Labute approximate surface area is 85.4 Å². The van der Waals surface area contributed by atoms with Crippen molar-refractivity contribution in [2.24, 2.45) is 0 Å². The van der Waals surface area contributed by atoms with Crippen LogP contribution >= 0.6 is 0 Å². The summed E-state index contributed by atoms with van der Waals surface area (Å²) < 4.78 is 34.9. The van der Waals surface area contributed by atoms with Crippen LogP contribution < -0.4 is 5.48 Å². The molecule has 0 bridgehead atoms. The minimum absolute atomic E-state index is 0.240. The SMILES string of the molecule is CCCCC(NOCC(F)(F)F)C(=O)O. The lowest BCUT2D eigenvalue weighted by molar-refractivity contribution is -0.195. The van der Waals surface area contributed by atoms with Gasteiger partial charge in [0.2, 0.25) is 0 Å². The highest BCUT2D eigenvalue weighted by Crippen LogP contribution is 2.14. The average molecular weight is 229 g/mol. The molecule has 0 heterocycles. The van der Waals surface area contributed by atoms with Crippen molar-refractivity contribution >= 4 is 5.97 Å². The first-order chi connectivity index (χ1) is 6.87. The number of carbonyl (C=O) groups is 1. The van der Waals surface area contributed by atoms with Gasteiger partial charge in [-0.25, -0.2) is 0 Å². The number of carboxylic acid groups (broad SMARTS) is 1. The Bertz CT molecular complexity index is 196. The van der Waals surface area contributed by atoms with E-state index in [9.17, 15) is 18.0 Å². The normalized spacial score (nSPS) is 13.9. The van der Waals surface area contributed by atoms with Crippen molar-refractivity contribution in [1.29, 1.82) is 0 Å². The molecule has 0 aliphatic heterocycles. The third-order valence-corrected chi connectivity index (χ3v) is 1.61. The predicted octanol–water partition coefficient (Wildman–Crippen LogP) is 1.71. The first kappa shape index (κ1) is 14.2. The Balaban J connectivity index is 3.81. The number of unbranched alkanes of at least 4 members (excludes halogenated alkanes) is 1. The van der Waals surface area contributed by atoms with Crippen LogP contribution in [-0.2, 0) is 9.63 Å². The van der Waals surface area contributed by atoms with Crippen LogP contribution in [0.4, 0.5) is 13.2 Å². The zero-order valence-electron chi connectivity index (χ0n) is 8.30. The van der Waals surface area contributed by atoms with Gasteiger partial charge < -0.3 is 5.11 Å². The summed E-state index contributed by atoms with van der Waals surface area (Å²) in [7, 11) is 0. The van der Waals surface area contributed by atoms with E-state index >= 15 is 0 Å². The molecule has 15 heavy (non-hydrogen) atoms. The molecule has 7 heteroatoms. The molecule has 4 nitrogen and oxygen atoms in total. The van der Waals surface area contributed by atoms with E-state index < -0.39 is 24.8 Å². The molecule has 0 saturated heterocycles. The van der Waals surface area contributed by atoms with E-state index in [-0.39, 0.29) is 6.42 Å². The second-order valence-corrected chi connectivity index (χ2v) is 3.05. The molecule has 0 saturated carbocycles. The molecule has 0 aromatic carbocycles. The number of rotatable bonds is 7. The lowest BCUT2D eigenvalue weighted by Crippen LogP contribution is -2.38. The van der Waals surface area contributed by atoms with Crippen LogP contribution in [0, 0.1) is 0 Å². The molecule has 90 valence electrons. The van der Waals surface area contributed by atoms with E-state index in [1.54, 1.807) is 0 Å². The zero-order chi connectivity index (χ0) is 11.9. The van der Waals surface area contributed by atoms with E-state index in [0.29, 0.717) is 6.42 Å². The van der Waals surface area contributed by atoms with Crippen molar-refractivity contribution in [2.75, 3.05) is 6.61 Å². The summed E-state index contributed by atoms with van der Waals surface area (Å²) >= 11 is 0. The molecule has 0 spiro atoms. The minimum atomic E-state index is -4.46. The van der Waals surface area contributed by atoms with Gasteiger partial charge in [0.25, 0.3) is 0 Å². The second kappa shape index (κ2) is 6.62. The Kier molecular flexibility index (Phi) is 6.26. The third-order valence-electron chi connectivity index (χ3n) is 1.61. The molecular weight excluding hydrogens is 215 g/mol. The number of hydrogen-bond acceptors (Lipinski definition) is 3. The molecule has 0 aliphatic carbocycles. The van der Waals surface area contributed by atoms with Gasteiger partial charge in [-0.05, 0) is 6.42 Å². The number of halogens is 3. The largest absolute Gasteiger partial charge is 0.480 e. The van der Waals surface area contributed by atoms with Crippen molar-refractivity contribution in [2.45, 2.75) is 38.4 Å². The van der Waals surface area contributed by atoms with E-state index in [2.05, 4.69) is 4.84 Å². The van der Waals surface area contributed by atoms with Gasteiger partial charge in [-0.1, -0.05) is 19.8 Å². The fourth-order valence-corrected chi connectivity index (χ4v) is 0.865. The fourth-order valence-electron chi connectivity index (χ4n) is 0.865. The number of hydroxylamine groups is 1. The van der Waals surface area contributed by atoms with Crippen LogP contribution in [0.15, 0.2) is 0 Å². The Morgan fingerprint density at radius 2 is 2.13 bits per heavy atom. The summed E-state index contributed by atoms with van der Waals surface area (Å²) in [4.78, 5) is 14.6. The summed E-state index contributed by atoms with van der Waals surface area (Å²) in [6.45, 7) is 0.360. The lowest BCUT2D eigenvalue weighted by Gasteiger charge is -2.14. The first-order valence-electron chi connectivity index (χ1n) is 4.53. The van der Waals surface area contributed by atoms with Crippen LogP contribution in [-0.4, -0.2) is 29.9 Å². The highest BCUT2D eigenvalue weighted by atomic mass is 19.4. The van der Waals surface area contributed by atoms with Gasteiger partial charge in [-0.15, -0.1) is 0 Å². The predicted molar refractivity (Wildman–Crippen MR) is 46.1 cm³/mol. The molecule has 1 unspecified atom stereocenters. The smallest absolute Gasteiger partial charge is 0.413 e. The molecule has 0 aromatic rings. The second-order valence-electron chi connectivity index (χ2n) is 3.05. The monoisotopic (exact) mass is 229 g/mol. The lowest BCUT2D eigenvalue weighted by atomic mass is 10.1. The van der Waals surface area contributed by atoms with E-state index in [1.165, 1.54) is 0 Å². The van der Waals surface area contributed by atoms with Crippen LogP contribution in [0.2, 0.25) is 0 Å². The van der Waals surface area contributed by atoms with Gasteiger partial charge in [0, 0.05) is 0 Å². The number of carboxylic acids is 1. The highest BCUT2D eigenvalue weighted by molar-refractivity contribution is 5.73. The molecule has 0 fully saturated rings. The van der Waals surface area contributed by atoms with Crippen molar-refractivity contribution in [3.63, 3.8) is 0 Å².